The fourth-order valence-electron chi connectivity index (χ4n) is 7.42. The fourth-order valence-corrected chi connectivity index (χ4v) is 10.3. The Kier molecular flexibility index (Phi) is 11.1. The zero-order valence-electron chi connectivity index (χ0n) is 33.7. The van der Waals surface area contributed by atoms with E-state index < -0.39 is 11.7 Å². The lowest BCUT2D eigenvalue weighted by molar-refractivity contribution is -0.137. The molecular formula is C52H33F3N2O4S3. The van der Waals surface area contributed by atoms with E-state index in [1.54, 1.807) is 53.8 Å². The first kappa shape index (κ1) is 40.8. The third-order valence-electron chi connectivity index (χ3n) is 10.3. The van der Waals surface area contributed by atoms with E-state index in [-0.39, 0.29) is 11.3 Å². The average Bonchev–Trinajstić information content (AvgIpc) is 4.11. The van der Waals surface area contributed by atoms with Crippen molar-refractivity contribution in [3.63, 3.8) is 0 Å². The first-order valence-corrected chi connectivity index (χ1v) is 22.4. The van der Waals surface area contributed by atoms with Crippen molar-refractivity contribution in [2.45, 2.75) is 13.1 Å². The Hall–Kier alpha value is -7.25. The lowest BCUT2D eigenvalue weighted by Gasteiger charge is -2.20. The maximum absolute atomic E-state index is 14.9. The van der Waals surface area contributed by atoms with Gasteiger partial charge < -0.3 is 18.9 Å². The largest absolute Gasteiger partial charge is 0.457 e. The van der Waals surface area contributed by atoms with Gasteiger partial charge in [0.2, 0.25) is 0 Å². The van der Waals surface area contributed by atoms with Crippen molar-refractivity contribution < 1.29 is 32.1 Å². The summed E-state index contributed by atoms with van der Waals surface area (Å²) in [7, 11) is 0. The minimum Gasteiger partial charge on any atom is -0.457 e. The third kappa shape index (κ3) is 8.22. The number of rotatable bonds is 12. The average molecular weight is 903 g/mol. The minimum atomic E-state index is -4.67. The second-order valence-electron chi connectivity index (χ2n) is 14.5. The van der Waals surface area contributed by atoms with Crippen molar-refractivity contribution in [2.75, 3.05) is 0 Å². The van der Waals surface area contributed by atoms with Crippen LogP contribution in [0.4, 0.5) is 13.2 Å². The first-order valence-electron chi connectivity index (χ1n) is 20.0. The first-order chi connectivity index (χ1) is 31.3. The summed E-state index contributed by atoms with van der Waals surface area (Å²) in [5, 5.41) is 0. The number of nitrogens with zero attached hydrogens (tertiary/aromatic N) is 2. The summed E-state index contributed by atoms with van der Waals surface area (Å²) in [6.45, 7) is 2.05. The van der Waals surface area contributed by atoms with Gasteiger partial charge in [0, 0.05) is 30.6 Å². The van der Waals surface area contributed by atoms with E-state index in [0.717, 1.165) is 44.4 Å². The van der Waals surface area contributed by atoms with Crippen LogP contribution in [0.25, 0.3) is 52.8 Å². The van der Waals surface area contributed by atoms with E-state index >= 15 is 0 Å². The number of aryl methyl sites for hydroxylation is 1. The van der Waals surface area contributed by atoms with Crippen LogP contribution in [0, 0.1) is 6.92 Å². The Morgan fingerprint density at radius 3 is 1.20 bits per heavy atom. The van der Waals surface area contributed by atoms with Gasteiger partial charge in [-0.1, -0.05) is 91.0 Å². The minimum absolute atomic E-state index is 0.0681. The molecule has 6 nitrogen and oxygen atoms in total. The van der Waals surface area contributed by atoms with Crippen molar-refractivity contribution >= 4 is 45.4 Å². The van der Waals surface area contributed by atoms with Gasteiger partial charge in [0.25, 0.3) is 0 Å². The van der Waals surface area contributed by atoms with Crippen LogP contribution < -0.4 is 18.9 Å². The molecule has 0 aliphatic rings. The van der Waals surface area contributed by atoms with Crippen LogP contribution in [0.2, 0.25) is 0 Å². The molecule has 0 aliphatic heterocycles. The second-order valence-corrected chi connectivity index (χ2v) is 17.2. The van der Waals surface area contributed by atoms with Crippen LogP contribution in [-0.4, -0.2) is 8.75 Å². The Balaban J connectivity index is 1.19. The molecule has 314 valence electrons. The zero-order valence-corrected chi connectivity index (χ0v) is 36.2. The van der Waals surface area contributed by atoms with Crippen LogP contribution in [0.5, 0.6) is 46.0 Å². The quantitative estimate of drug-likeness (QED) is 0.122. The molecule has 0 atom stereocenters. The summed E-state index contributed by atoms with van der Waals surface area (Å²) >= 11 is 3.75. The smallest absolute Gasteiger partial charge is 0.417 e. The van der Waals surface area contributed by atoms with Crippen LogP contribution in [-0.2, 0) is 6.18 Å². The Morgan fingerprint density at radius 1 is 0.391 bits per heavy atom. The molecule has 0 amide bonds. The number of halogens is 3. The highest BCUT2D eigenvalue weighted by Crippen LogP contribution is 2.57. The Morgan fingerprint density at radius 2 is 0.766 bits per heavy atom. The van der Waals surface area contributed by atoms with Gasteiger partial charge in [0.1, 0.15) is 45.5 Å². The number of benzene rings is 7. The van der Waals surface area contributed by atoms with E-state index in [1.807, 2.05) is 115 Å². The zero-order chi connectivity index (χ0) is 43.6. The molecule has 0 spiro atoms. The maximum Gasteiger partial charge on any atom is 0.417 e. The summed E-state index contributed by atoms with van der Waals surface area (Å²) in [6, 6.07) is 54.6. The molecule has 0 saturated heterocycles. The molecule has 0 radical (unpaired) electrons. The Labute approximate surface area is 378 Å². The van der Waals surface area contributed by atoms with Crippen LogP contribution in [0.1, 0.15) is 11.1 Å². The highest BCUT2D eigenvalue weighted by atomic mass is 32.1. The molecule has 7 aromatic carbocycles. The van der Waals surface area contributed by atoms with Crippen molar-refractivity contribution in [1.29, 1.82) is 0 Å². The van der Waals surface area contributed by atoms with Crippen molar-refractivity contribution in [3.8, 4) is 87.8 Å². The van der Waals surface area contributed by atoms with Crippen LogP contribution >= 0.6 is 34.4 Å². The van der Waals surface area contributed by atoms with E-state index in [1.165, 1.54) is 17.4 Å². The molecule has 12 heteroatoms. The highest BCUT2D eigenvalue weighted by molar-refractivity contribution is 7.19. The molecule has 0 unspecified atom stereocenters. The lowest BCUT2D eigenvalue weighted by Crippen LogP contribution is -2.07. The molecule has 0 saturated carbocycles. The van der Waals surface area contributed by atoms with Gasteiger partial charge in [-0.2, -0.15) is 21.9 Å². The summed E-state index contributed by atoms with van der Waals surface area (Å²) < 4.78 is 80.7. The molecule has 0 N–H and O–H groups in total. The van der Waals surface area contributed by atoms with E-state index in [0.29, 0.717) is 66.4 Å². The second kappa shape index (κ2) is 17.5. The summed E-state index contributed by atoms with van der Waals surface area (Å²) in [6.07, 6.45) is -4.67. The highest BCUT2D eigenvalue weighted by Gasteiger charge is 2.36. The van der Waals surface area contributed by atoms with Gasteiger partial charge in [-0.25, -0.2) is 0 Å². The molecule has 10 aromatic rings. The molecule has 64 heavy (non-hydrogen) atoms. The number of hydrogen-bond acceptors (Lipinski definition) is 9. The maximum atomic E-state index is 14.9. The summed E-state index contributed by atoms with van der Waals surface area (Å²) in [5.41, 5.74) is 3.29. The number of hydrogen-bond donors (Lipinski definition) is 0. The van der Waals surface area contributed by atoms with Gasteiger partial charge in [0.05, 0.1) is 28.4 Å². The summed E-state index contributed by atoms with van der Waals surface area (Å²) in [4.78, 5) is 2.70. The standard InChI is InChI=1S/C52H33F3N2O4S3/c1-32-16-14-26-38(58-33-17-6-2-7-18-33)44(32)40-28-30-42(62-40)46-48-49(57-64-56-48)47(51(61-36-23-12-5-13-24-36)50(46)60-35-21-10-4-11-22-35)43-31-29-41(63-43)45-37(52(53,54)55)25-15-27-39(45)59-34-19-8-3-9-20-34/h2-31H,1H3. The number of aromatic nitrogens is 2. The van der Waals surface area contributed by atoms with Gasteiger partial charge in [-0.3, -0.25) is 0 Å². The monoisotopic (exact) mass is 902 g/mol. The lowest BCUT2D eigenvalue weighted by atomic mass is 10.0. The number of alkyl halides is 3. The van der Waals surface area contributed by atoms with Crippen molar-refractivity contribution in [2.24, 2.45) is 0 Å². The van der Waals surface area contributed by atoms with Crippen molar-refractivity contribution in [3.05, 3.63) is 193 Å². The molecule has 3 aromatic heterocycles. The summed E-state index contributed by atoms with van der Waals surface area (Å²) in [5.74, 6) is 3.65. The predicted molar refractivity (Wildman–Crippen MR) is 251 cm³/mol. The topological polar surface area (TPSA) is 62.7 Å². The number of fused-ring (bicyclic) bond motifs is 1. The predicted octanol–water partition coefficient (Wildman–Crippen LogP) is 17.0. The van der Waals surface area contributed by atoms with Gasteiger partial charge in [-0.05, 0) is 103 Å². The Bertz CT molecular complexity index is 3230. The molecule has 0 bridgehead atoms. The normalized spacial score (nSPS) is 11.4. The van der Waals surface area contributed by atoms with Crippen molar-refractivity contribution in [1.82, 2.24) is 8.75 Å². The molecule has 0 fully saturated rings. The van der Waals surface area contributed by atoms with Gasteiger partial charge >= 0.3 is 6.18 Å². The van der Waals surface area contributed by atoms with Crippen LogP contribution in [0.3, 0.4) is 0 Å². The van der Waals surface area contributed by atoms with E-state index in [2.05, 4.69) is 19.1 Å². The van der Waals surface area contributed by atoms with Gasteiger partial charge in [-0.15, -0.1) is 22.7 Å². The third-order valence-corrected chi connectivity index (χ3v) is 13.0. The molecule has 0 aliphatic carbocycles. The SMILES string of the molecule is Cc1cccc(Oc2ccccc2)c1-c1ccc(-c2c(Oc3ccccc3)c(Oc3ccccc3)c(-c3ccc(-c4c(Oc5ccccc5)cccc4C(F)(F)F)s3)c3nsnc23)s1. The molecular weight excluding hydrogens is 870 g/mol. The number of thiophene rings is 2. The molecule has 10 rings (SSSR count). The van der Waals surface area contributed by atoms with Crippen LogP contribution in [0.15, 0.2) is 182 Å². The number of ether oxygens (including phenoxy) is 4. The fraction of sp³-hybridized carbons (Fsp3) is 0.0385. The van der Waals surface area contributed by atoms with E-state index in [9.17, 15) is 13.2 Å². The number of para-hydroxylation sites is 4. The van der Waals surface area contributed by atoms with E-state index in [4.69, 9.17) is 27.7 Å². The van der Waals surface area contributed by atoms with Gasteiger partial charge in [0.15, 0.2) is 11.5 Å². The molecule has 3 heterocycles.